The zero-order valence-corrected chi connectivity index (χ0v) is 11.9. The van der Waals surface area contributed by atoms with Gasteiger partial charge in [-0.2, -0.15) is 0 Å². The number of nitrogens with zero attached hydrogens (tertiary/aromatic N) is 3. The Morgan fingerprint density at radius 2 is 2.11 bits per heavy atom. The van der Waals surface area contributed by atoms with Crippen LogP contribution < -0.4 is 0 Å². The minimum absolute atomic E-state index is 0.363. The Kier molecular flexibility index (Phi) is 3.18. The minimum atomic E-state index is -0.817. The zero-order valence-electron chi connectivity index (χ0n) is 10.3. The van der Waals surface area contributed by atoms with Crippen molar-refractivity contribution in [2.24, 2.45) is 0 Å². The van der Waals surface area contributed by atoms with Gasteiger partial charge in [0.2, 0.25) is 0 Å². The molecule has 3 heterocycles. The summed E-state index contributed by atoms with van der Waals surface area (Å²) >= 11 is 3.45. The number of halogens is 1. The number of aromatic nitrogens is 2. The summed E-state index contributed by atoms with van der Waals surface area (Å²) in [6.45, 7) is 1.21. The van der Waals surface area contributed by atoms with Gasteiger partial charge in [-0.15, -0.1) is 0 Å². The molecule has 19 heavy (non-hydrogen) atoms. The fourth-order valence-electron chi connectivity index (χ4n) is 2.71. The molecule has 1 fully saturated rings. The summed E-state index contributed by atoms with van der Waals surface area (Å²) in [5.41, 5.74) is 1.15. The molecule has 1 N–H and O–H groups in total. The van der Waals surface area contributed by atoms with Crippen molar-refractivity contribution in [3.05, 3.63) is 29.1 Å². The highest BCUT2D eigenvalue weighted by atomic mass is 79.9. The van der Waals surface area contributed by atoms with E-state index in [1.165, 1.54) is 4.90 Å². The zero-order chi connectivity index (χ0) is 13.4. The molecule has 1 aliphatic heterocycles. The van der Waals surface area contributed by atoms with Gasteiger partial charge >= 0.3 is 6.09 Å². The van der Waals surface area contributed by atoms with Crippen LogP contribution in [0.15, 0.2) is 29.1 Å². The fourth-order valence-corrected chi connectivity index (χ4v) is 3.16. The van der Waals surface area contributed by atoms with Gasteiger partial charge in [-0.05, 0) is 40.9 Å². The molecule has 5 nitrogen and oxygen atoms in total. The highest BCUT2D eigenvalue weighted by Crippen LogP contribution is 2.30. The number of likely N-dealkylation sites (tertiary alicyclic amines) is 1. The van der Waals surface area contributed by atoms with Crippen molar-refractivity contribution < 1.29 is 9.90 Å². The second-order valence-corrected chi connectivity index (χ2v) is 5.51. The first kappa shape index (κ1) is 12.5. The second-order valence-electron chi connectivity index (χ2n) is 4.76. The Bertz CT molecular complexity index is 617. The van der Waals surface area contributed by atoms with Crippen LogP contribution in [0.3, 0.4) is 0 Å². The molecule has 0 bridgehead atoms. The number of hydrogen-bond acceptors (Lipinski definition) is 2. The lowest BCUT2D eigenvalue weighted by Gasteiger charge is -2.31. The van der Waals surface area contributed by atoms with Gasteiger partial charge in [0.15, 0.2) is 0 Å². The van der Waals surface area contributed by atoms with Crippen LogP contribution >= 0.6 is 15.9 Å². The number of amides is 1. The Morgan fingerprint density at radius 1 is 1.37 bits per heavy atom. The normalized spacial score (nSPS) is 17.0. The Labute approximate surface area is 119 Å². The summed E-state index contributed by atoms with van der Waals surface area (Å²) in [4.78, 5) is 16.6. The summed E-state index contributed by atoms with van der Waals surface area (Å²) in [7, 11) is 0. The molecule has 0 unspecified atom stereocenters. The van der Waals surface area contributed by atoms with Crippen molar-refractivity contribution in [1.82, 2.24) is 14.5 Å². The summed E-state index contributed by atoms with van der Waals surface area (Å²) in [5.74, 6) is 0. The average Bonchev–Trinajstić information content (AvgIpc) is 2.84. The Balaban J connectivity index is 1.86. The maximum absolute atomic E-state index is 10.9. The van der Waals surface area contributed by atoms with Crippen LogP contribution in [0.4, 0.5) is 4.79 Å². The van der Waals surface area contributed by atoms with Crippen LogP contribution in [0.2, 0.25) is 0 Å². The number of carbonyl (C=O) groups is 1. The van der Waals surface area contributed by atoms with Crippen LogP contribution in [0, 0.1) is 0 Å². The molecule has 6 heteroatoms. The highest BCUT2D eigenvalue weighted by Gasteiger charge is 2.24. The minimum Gasteiger partial charge on any atom is -0.465 e. The van der Waals surface area contributed by atoms with E-state index >= 15 is 0 Å². The standard InChI is InChI=1S/C13H14BrN3O2/c14-12-10-4-8-17(11(10)1-5-15-12)9-2-6-16(7-3-9)13(18)19/h1,4-5,8-9H,2-3,6-7H2,(H,18,19). The van der Waals surface area contributed by atoms with Crippen LogP contribution in [0.1, 0.15) is 18.9 Å². The van der Waals surface area contributed by atoms with Gasteiger partial charge in [-0.25, -0.2) is 9.78 Å². The van der Waals surface area contributed by atoms with Crippen molar-refractivity contribution in [3.63, 3.8) is 0 Å². The predicted octanol–water partition coefficient (Wildman–Crippen LogP) is 3.11. The van der Waals surface area contributed by atoms with Gasteiger partial charge < -0.3 is 14.6 Å². The van der Waals surface area contributed by atoms with Gasteiger partial charge in [0, 0.05) is 36.9 Å². The van der Waals surface area contributed by atoms with E-state index < -0.39 is 6.09 Å². The van der Waals surface area contributed by atoms with Gasteiger partial charge in [-0.1, -0.05) is 0 Å². The van der Waals surface area contributed by atoms with E-state index in [1.54, 1.807) is 6.20 Å². The first-order valence-electron chi connectivity index (χ1n) is 6.26. The van der Waals surface area contributed by atoms with Crippen molar-refractivity contribution in [2.45, 2.75) is 18.9 Å². The maximum atomic E-state index is 10.9. The average molecular weight is 324 g/mol. The third kappa shape index (κ3) is 2.20. The third-order valence-electron chi connectivity index (χ3n) is 3.73. The fraction of sp³-hybridized carbons (Fsp3) is 0.385. The molecular formula is C13H14BrN3O2. The summed E-state index contributed by atoms with van der Waals surface area (Å²) in [5, 5.41) is 10.1. The van der Waals surface area contributed by atoms with Gasteiger partial charge in [-0.3, -0.25) is 0 Å². The van der Waals surface area contributed by atoms with Crippen LogP contribution in [0.5, 0.6) is 0 Å². The SMILES string of the molecule is O=C(O)N1CCC(n2ccc3c(Br)nccc32)CC1. The van der Waals surface area contributed by atoms with E-state index in [4.69, 9.17) is 5.11 Å². The third-order valence-corrected chi connectivity index (χ3v) is 4.36. The smallest absolute Gasteiger partial charge is 0.407 e. The van der Waals surface area contributed by atoms with E-state index in [0.29, 0.717) is 19.1 Å². The van der Waals surface area contributed by atoms with Crippen LogP contribution in [-0.4, -0.2) is 38.7 Å². The highest BCUT2D eigenvalue weighted by molar-refractivity contribution is 9.10. The number of hydrogen-bond donors (Lipinski definition) is 1. The van der Waals surface area contributed by atoms with Gasteiger partial charge in [0.05, 0.1) is 5.52 Å². The number of pyridine rings is 1. The number of rotatable bonds is 1. The van der Waals surface area contributed by atoms with E-state index in [0.717, 1.165) is 28.3 Å². The first-order chi connectivity index (χ1) is 9.16. The van der Waals surface area contributed by atoms with E-state index in [1.807, 2.05) is 6.07 Å². The molecule has 0 atom stereocenters. The molecule has 0 saturated carbocycles. The maximum Gasteiger partial charge on any atom is 0.407 e. The molecule has 2 aromatic heterocycles. The lowest BCUT2D eigenvalue weighted by Crippen LogP contribution is -2.37. The molecule has 1 aliphatic rings. The van der Waals surface area contributed by atoms with Crippen LogP contribution in [0.25, 0.3) is 10.9 Å². The molecule has 0 spiro atoms. The quantitative estimate of drug-likeness (QED) is 0.820. The molecule has 3 rings (SSSR count). The molecule has 0 aromatic carbocycles. The largest absolute Gasteiger partial charge is 0.465 e. The second kappa shape index (κ2) is 4.85. The van der Waals surface area contributed by atoms with Gasteiger partial charge in [0.1, 0.15) is 4.60 Å². The van der Waals surface area contributed by atoms with E-state index in [9.17, 15) is 4.79 Å². The lowest BCUT2D eigenvalue weighted by molar-refractivity contribution is 0.126. The molecule has 1 amide bonds. The van der Waals surface area contributed by atoms with Gasteiger partial charge in [0.25, 0.3) is 0 Å². The predicted molar refractivity (Wildman–Crippen MR) is 75.3 cm³/mol. The summed E-state index contributed by atoms with van der Waals surface area (Å²) in [6.07, 6.45) is 4.75. The summed E-state index contributed by atoms with van der Waals surface area (Å²) in [6, 6.07) is 4.42. The topological polar surface area (TPSA) is 58.4 Å². The monoisotopic (exact) mass is 323 g/mol. The van der Waals surface area contributed by atoms with Crippen LogP contribution in [-0.2, 0) is 0 Å². The van der Waals surface area contributed by atoms with Crippen molar-refractivity contribution in [1.29, 1.82) is 0 Å². The lowest BCUT2D eigenvalue weighted by atomic mass is 10.1. The van der Waals surface area contributed by atoms with Crippen molar-refractivity contribution in [2.75, 3.05) is 13.1 Å². The number of fused-ring (bicyclic) bond motifs is 1. The Hall–Kier alpha value is -1.56. The first-order valence-corrected chi connectivity index (χ1v) is 7.05. The van der Waals surface area contributed by atoms with E-state index in [2.05, 4.69) is 37.7 Å². The Morgan fingerprint density at radius 3 is 2.79 bits per heavy atom. The van der Waals surface area contributed by atoms with Crippen molar-refractivity contribution in [3.8, 4) is 0 Å². The summed E-state index contributed by atoms with van der Waals surface area (Å²) < 4.78 is 3.09. The molecule has 0 aliphatic carbocycles. The molecule has 1 saturated heterocycles. The molecule has 2 aromatic rings. The number of carboxylic acid groups (broad SMARTS) is 1. The van der Waals surface area contributed by atoms with Crippen molar-refractivity contribution >= 4 is 32.9 Å². The molecule has 100 valence electrons. The molecular weight excluding hydrogens is 310 g/mol. The molecule has 0 radical (unpaired) electrons. The number of piperidine rings is 1. The van der Waals surface area contributed by atoms with E-state index in [-0.39, 0.29) is 0 Å².